The summed E-state index contributed by atoms with van der Waals surface area (Å²) in [6, 6.07) is 1.70. The number of nitrogens with one attached hydrogen (secondary N) is 1. The molecule has 20 heavy (non-hydrogen) atoms. The summed E-state index contributed by atoms with van der Waals surface area (Å²) in [5, 5.41) is -1.06. The van der Waals surface area contributed by atoms with Crippen molar-refractivity contribution < 1.29 is 22.0 Å². The van der Waals surface area contributed by atoms with Crippen LogP contribution in [0.1, 0.15) is 21.5 Å². The number of nitrogens with two attached hydrogens (primary N) is 1. The van der Waals surface area contributed by atoms with E-state index in [9.17, 15) is 22.0 Å². The van der Waals surface area contributed by atoms with Gasteiger partial charge in [0.15, 0.2) is 5.01 Å². The van der Waals surface area contributed by atoms with E-state index in [1.165, 1.54) is 0 Å². The molecule has 3 N–H and O–H groups in total. The number of benzene rings is 1. The number of hydrogen-bond acceptors (Lipinski definition) is 4. The van der Waals surface area contributed by atoms with Crippen molar-refractivity contribution in [2.75, 3.05) is 0 Å². The third kappa shape index (κ3) is 2.94. The molecule has 1 aromatic heterocycles. The molecule has 0 aliphatic heterocycles. The van der Waals surface area contributed by atoms with Crippen LogP contribution in [-0.2, 0) is 6.18 Å². The van der Waals surface area contributed by atoms with Gasteiger partial charge in [-0.2, -0.15) is 13.2 Å². The molecule has 9 heteroatoms. The third-order valence-corrected chi connectivity index (χ3v) is 3.60. The Morgan fingerprint density at radius 1 is 1.25 bits per heavy atom. The summed E-state index contributed by atoms with van der Waals surface area (Å²) in [7, 11) is 0. The molecule has 0 saturated heterocycles. The monoisotopic (exact) mass is 309 g/mol. The number of nitrogens with zero attached hydrogens (tertiary/aromatic N) is 1. The zero-order chi connectivity index (χ0) is 14.9. The standard InChI is InChI=1S/C11H8F5N3S/c12-5-1-2-6(7(13)3-5)9(19-17)8-4-18-10(20-8)11(14,15)16/h1-4,9,19H,17H2. The number of rotatable bonds is 3. The average Bonchev–Trinajstić information content (AvgIpc) is 2.82. The maximum Gasteiger partial charge on any atom is 0.443 e. The smallest absolute Gasteiger partial charge is 0.271 e. The van der Waals surface area contributed by atoms with Gasteiger partial charge in [0, 0.05) is 22.7 Å². The number of hydrogen-bond donors (Lipinski definition) is 2. The highest BCUT2D eigenvalue weighted by molar-refractivity contribution is 7.11. The second-order valence-corrected chi connectivity index (χ2v) is 4.89. The molecule has 0 saturated carbocycles. The van der Waals surface area contributed by atoms with E-state index < -0.39 is 28.9 Å². The van der Waals surface area contributed by atoms with E-state index in [0.29, 0.717) is 17.4 Å². The summed E-state index contributed by atoms with van der Waals surface area (Å²) in [6.07, 6.45) is -3.62. The molecule has 1 heterocycles. The van der Waals surface area contributed by atoms with Crippen LogP contribution in [0.5, 0.6) is 0 Å². The molecular formula is C11H8F5N3S. The van der Waals surface area contributed by atoms with E-state index in [2.05, 4.69) is 10.4 Å². The Bertz CT molecular complexity index is 610. The van der Waals surface area contributed by atoms with Crippen LogP contribution in [0.25, 0.3) is 0 Å². The SMILES string of the molecule is NNC(c1cnc(C(F)(F)F)s1)c1ccc(F)cc1F. The molecule has 1 unspecified atom stereocenters. The quantitative estimate of drug-likeness (QED) is 0.520. The first kappa shape index (κ1) is 14.8. The van der Waals surface area contributed by atoms with Crippen LogP contribution in [0, 0.1) is 11.6 Å². The lowest BCUT2D eigenvalue weighted by molar-refractivity contribution is -0.137. The fourth-order valence-electron chi connectivity index (χ4n) is 1.61. The molecule has 2 rings (SSSR count). The zero-order valence-electron chi connectivity index (χ0n) is 9.71. The summed E-state index contributed by atoms with van der Waals surface area (Å²) in [6.45, 7) is 0. The lowest BCUT2D eigenvalue weighted by Crippen LogP contribution is -2.29. The van der Waals surface area contributed by atoms with Crippen LogP contribution in [0.3, 0.4) is 0 Å². The maximum absolute atomic E-state index is 13.6. The van der Waals surface area contributed by atoms with Gasteiger partial charge >= 0.3 is 6.18 Å². The molecule has 0 spiro atoms. The van der Waals surface area contributed by atoms with E-state index in [1.807, 2.05) is 0 Å². The van der Waals surface area contributed by atoms with E-state index in [-0.39, 0.29) is 10.4 Å². The van der Waals surface area contributed by atoms with Crippen molar-refractivity contribution in [2.45, 2.75) is 12.2 Å². The summed E-state index contributed by atoms with van der Waals surface area (Å²) >= 11 is 0.341. The molecule has 0 amide bonds. The van der Waals surface area contributed by atoms with Gasteiger partial charge in [0.05, 0.1) is 6.04 Å². The van der Waals surface area contributed by atoms with Crippen LogP contribution in [0.2, 0.25) is 0 Å². The van der Waals surface area contributed by atoms with Crippen molar-refractivity contribution in [3.05, 3.63) is 51.5 Å². The molecule has 108 valence electrons. The normalized spacial score (nSPS) is 13.5. The minimum Gasteiger partial charge on any atom is -0.271 e. The third-order valence-electron chi connectivity index (χ3n) is 2.49. The van der Waals surface area contributed by atoms with E-state index in [4.69, 9.17) is 5.84 Å². The van der Waals surface area contributed by atoms with Gasteiger partial charge in [0.2, 0.25) is 0 Å². The van der Waals surface area contributed by atoms with Gasteiger partial charge in [0.25, 0.3) is 0 Å². The van der Waals surface area contributed by atoms with Gasteiger partial charge in [0.1, 0.15) is 11.6 Å². The molecule has 2 aromatic rings. The van der Waals surface area contributed by atoms with Gasteiger partial charge in [-0.3, -0.25) is 5.84 Å². The predicted molar refractivity (Wildman–Crippen MR) is 62.6 cm³/mol. The maximum atomic E-state index is 13.6. The first-order chi connectivity index (χ1) is 9.32. The molecule has 1 aromatic carbocycles. The van der Waals surface area contributed by atoms with Gasteiger partial charge < -0.3 is 0 Å². The van der Waals surface area contributed by atoms with Gasteiger partial charge in [-0.25, -0.2) is 19.2 Å². The lowest BCUT2D eigenvalue weighted by atomic mass is 10.1. The Hall–Kier alpha value is -1.58. The number of aromatic nitrogens is 1. The lowest BCUT2D eigenvalue weighted by Gasteiger charge is -2.15. The van der Waals surface area contributed by atoms with Crippen LogP contribution >= 0.6 is 11.3 Å². The first-order valence-corrected chi connectivity index (χ1v) is 6.08. The number of halogens is 5. The van der Waals surface area contributed by atoms with Crippen molar-refractivity contribution in [3.63, 3.8) is 0 Å². The minimum absolute atomic E-state index is 0.0636. The van der Waals surface area contributed by atoms with Crippen molar-refractivity contribution in [3.8, 4) is 0 Å². The van der Waals surface area contributed by atoms with E-state index in [1.54, 1.807) is 0 Å². The predicted octanol–water partition coefficient (Wildman–Crippen LogP) is 2.99. The highest BCUT2D eigenvalue weighted by atomic mass is 32.1. The Labute approximate surface area is 114 Å². The van der Waals surface area contributed by atoms with Gasteiger partial charge in [-0.05, 0) is 6.07 Å². The van der Waals surface area contributed by atoms with Crippen molar-refractivity contribution in [1.82, 2.24) is 10.4 Å². The topological polar surface area (TPSA) is 50.9 Å². The molecule has 0 aliphatic rings. The fraction of sp³-hybridized carbons (Fsp3) is 0.182. The van der Waals surface area contributed by atoms with Crippen molar-refractivity contribution >= 4 is 11.3 Å². The molecule has 0 bridgehead atoms. The Morgan fingerprint density at radius 3 is 2.45 bits per heavy atom. The summed E-state index contributed by atoms with van der Waals surface area (Å²) < 4.78 is 63.9. The number of alkyl halides is 3. The second-order valence-electron chi connectivity index (χ2n) is 3.83. The Kier molecular flexibility index (Phi) is 4.02. The summed E-state index contributed by atoms with van der Waals surface area (Å²) in [5.41, 5.74) is 2.14. The molecule has 0 radical (unpaired) electrons. The first-order valence-electron chi connectivity index (χ1n) is 5.27. The second kappa shape index (κ2) is 5.43. The highest BCUT2D eigenvalue weighted by Gasteiger charge is 2.35. The highest BCUT2D eigenvalue weighted by Crippen LogP contribution is 2.36. The Balaban J connectivity index is 2.40. The van der Waals surface area contributed by atoms with E-state index >= 15 is 0 Å². The number of thiazole rings is 1. The van der Waals surface area contributed by atoms with Crippen LogP contribution in [-0.4, -0.2) is 4.98 Å². The summed E-state index contributed by atoms with van der Waals surface area (Å²) in [4.78, 5) is 3.30. The zero-order valence-corrected chi connectivity index (χ0v) is 10.5. The largest absolute Gasteiger partial charge is 0.443 e. The van der Waals surface area contributed by atoms with Crippen LogP contribution in [0.4, 0.5) is 22.0 Å². The molecule has 0 fully saturated rings. The van der Waals surface area contributed by atoms with E-state index in [0.717, 1.165) is 18.3 Å². The molecule has 1 atom stereocenters. The van der Waals surface area contributed by atoms with Gasteiger partial charge in [-0.15, -0.1) is 11.3 Å². The molecular weight excluding hydrogens is 301 g/mol. The van der Waals surface area contributed by atoms with Crippen LogP contribution in [0.15, 0.2) is 24.4 Å². The minimum atomic E-state index is -4.58. The number of hydrazine groups is 1. The van der Waals surface area contributed by atoms with Crippen LogP contribution < -0.4 is 11.3 Å². The summed E-state index contributed by atoms with van der Waals surface area (Å²) in [5.74, 6) is 3.55. The molecule has 3 nitrogen and oxygen atoms in total. The van der Waals surface area contributed by atoms with Crippen molar-refractivity contribution in [2.24, 2.45) is 5.84 Å². The average molecular weight is 309 g/mol. The van der Waals surface area contributed by atoms with Gasteiger partial charge in [-0.1, -0.05) is 6.07 Å². The fourth-order valence-corrected chi connectivity index (χ4v) is 2.47. The molecule has 0 aliphatic carbocycles. The van der Waals surface area contributed by atoms with Crippen molar-refractivity contribution in [1.29, 1.82) is 0 Å². The Morgan fingerprint density at radius 2 is 1.95 bits per heavy atom.